The van der Waals surface area contributed by atoms with Gasteiger partial charge in [-0.25, -0.2) is 15.0 Å². The smallest absolute Gasteiger partial charge is 0.164 e. The van der Waals surface area contributed by atoms with Crippen LogP contribution in [0.1, 0.15) is 0 Å². The predicted octanol–water partition coefficient (Wildman–Crippen LogP) is 12.8. The second kappa shape index (κ2) is 12.3. The Hall–Kier alpha value is -7.90. The Morgan fingerprint density at radius 2 is 0.947 bits per heavy atom. The van der Waals surface area contributed by atoms with Gasteiger partial charge < -0.3 is 13.4 Å². The van der Waals surface area contributed by atoms with Crippen molar-refractivity contribution in [2.45, 2.75) is 0 Å². The summed E-state index contributed by atoms with van der Waals surface area (Å²) in [6.45, 7) is 0. The highest BCUT2D eigenvalue weighted by molar-refractivity contribution is 6.13. The summed E-state index contributed by atoms with van der Waals surface area (Å²) >= 11 is 0. The van der Waals surface area contributed by atoms with E-state index in [-0.39, 0.29) is 0 Å². The van der Waals surface area contributed by atoms with Gasteiger partial charge >= 0.3 is 0 Å². The van der Waals surface area contributed by atoms with Crippen LogP contribution in [0, 0.1) is 0 Å². The highest BCUT2D eigenvalue weighted by Crippen LogP contribution is 2.39. The number of hydrogen-bond donors (Lipinski definition) is 0. The molecule has 0 N–H and O–H groups in total. The van der Waals surface area contributed by atoms with E-state index in [1.165, 1.54) is 10.8 Å². The lowest BCUT2D eigenvalue weighted by Crippen LogP contribution is -2.01. The van der Waals surface area contributed by atoms with Crippen molar-refractivity contribution in [1.82, 2.24) is 24.5 Å². The third-order valence-electron chi connectivity index (χ3n) is 11.0. The molecule has 0 radical (unpaired) electrons. The van der Waals surface area contributed by atoms with Crippen LogP contribution in [-0.2, 0) is 0 Å². The molecule has 266 valence electrons. The van der Waals surface area contributed by atoms with E-state index in [0.29, 0.717) is 17.5 Å². The molecule has 0 bridgehead atoms. The minimum Gasteiger partial charge on any atom is -0.456 e. The van der Waals surface area contributed by atoms with Crippen LogP contribution < -0.4 is 0 Å². The molecule has 0 saturated heterocycles. The topological polar surface area (TPSA) is 82.8 Å². The molecular formula is C50H29N5O2. The highest BCUT2D eigenvalue weighted by Gasteiger charge is 2.20. The highest BCUT2D eigenvalue weighted by atomic mass is 16.3. The fraction of sp³-hybridized carbons (Fsp3) is 0. The minimum atomic E-state index is 0.570. The monoisotopic (exact) mass is 731 g/mol. The maximum Gasteiger partial charge on any atom is 0.164 e. The SMILES string of the molecule is c1cc(-c2nc(-c3ccc(-c4cccc5oc6ccncc6c45)cc3)nc(-c3cccc4oc5ccccc5c34)n2)cc(-n2c3ccccc3c3ccccc32)c1. The van der Waals surface area contributed by atoms with Crippen LogP contribution in [-0.4, -0.2) is 24.5 Å². The Kier molecular flexibility index (Phi) is 6.79. The van der Waals surface area contributed by atoms with Gasteiger partial charge in [-0.1, -0.05) is 115 Å². The lowest BCUT2D eigenvalue weighted by molar-refractivity contribution is 0.668. The van der Waals surface area contributed by atoms with Crippen LogP contribution in [0.15, 0.2) is 185 Å². The fourth-order valence-electron chi connectivity index (χ4n) is 8.41. The van der Waals surface area contributed by atoms with E-state index in [0.717, 1.165) is 88.4 Å². The van der Waals surface area contributed by atoms with Crippen LogP contribution in [0.5, 0.6) is 0 Å². The second-order valence-corrected chi connectivity index (χ2v) is 14.2. The molecule has 5 aromatic heterocycles. The number of hydrogen-bond acceptors (Lipinski definition) is 6. The van der Waals surface area contributed by atoms with E-state index in [4.69, 9.17) is 23.8 Å². The molecule has 0 saturated carbocycles. The number of para-hydroxylation sites is 3. The lowest BCUT2D eigenvalue weighted by atomic mass is 9.99. The number of aromatic nitrogens is 5. The van der Waals surface area contributed by atoms with E-state index < -0.39 is 0 Å². The molecule has 7 aromatic carbocycles. The summed E-state index contributed by atoms with van der Waals surface area (Å²) in [5, 5.41) is 6.44. The van der Waals surface area contributed by atoms with Gasteiger partial charge in [0.1, 0.15) is 22.3 Å². The molecule has 0 spiro atoms. The Labute approximate surface area is 325 Å². The van der Waals surface area contributed by atoms with Crippen LogP contribution in [0.25, 0.3) is 117 Å². The maximum absolute atomic E-state index is 6.29. The van der Waals surface area contributed by atoms with Crippen LogP contribution in [0.2, 0.25) is 0 Å². The van der Waals surface area contributed by atoms with Crippen molar-refractivity contribution in [1.29, 1.82) is 0 Å². The molecule has 0 atom stereocenters. The number of nitrogens with zero attached hydrogens (tertiary/aromatic N) is 5. The Bertz CT molecular complexity index is 3490. The molecule has 12 rings (SSSR count). The first-order valence-electron chi connectivity index (χ1n) is 18.9. The Balaban J connectivity index is 1.04. The molecule has 0 unspecified atom stereocenters. The van der Waals surface area contributed by atoms with Gasteiger partial charge in [0.05, 0.1) is 11.0 Å². The van der Waals surface area contributed by atoms with Gasteiger partial charge in [0.25, 0.3) is 0 Å². The molecule has 7 heteroatoms. The van der Waals surface area contributed by atoms with Crippen LogP contribution in [0.3, 0.4) is 0 Å². The number of fused-ring (bicyclic) bond motifs is 9. The third-order valence-corrected chi connectivity index (χ3v) is 11.0. The molecule has 0 aliphatic heterocycles. The molecule has 5 heterocycles. The zero-order valence-corrected chi connectivity index (χ0v) is 30.3. The van der Waals surface area contributed by atoms with Gasteiger partial charge in [-0.2, -0.15) is 0 Å². The normalized spacial score (nSPS) is 11.9. The summed E-state index contributed by atoms with van der Waals surface area (Å²) in [4.78, 5) is 20.0. The zero-order chi connectivity index (χ0) is 37.5. The largest absolute Gasteiger partial charge is 0.456 e. The van der Waals surface area contributed by atoms with E-state index in [1.54, 1.807) is 6.20 Å². The number of benzene rings is 7. The fourth-order valence-corrected chi connectivity index (χ4v) is 8.41. The van der Waals surface area contributed by atoms with Gasteiger partial charge in [0, 0.05) is 67.1 Å². The van der Waals surface area contributed by atoms with Crippen molar-refractivity contribution in [3.05, 3.63) is 176 Å². The van der Waals surface area contributed by atoms with E-state index in [9.17, 15) is 0 Å². The first-order chi connectivity index (χ1) is 28.2. The zero-order valence-electron chi connectivity index (χ0n) is 30.3. The number of pyridine rings is 1. The molecule has 0 aliphatic rings. The number of furan rings is 2. The predicted molar refractivity (Wildman–Crippen MR) is 228 cm³/mol. The maximum atomic E-state index is 6.29. The van der Waals surface area contributed by atoms with Crippen molar-refractivity contribution in [3.8, 4) is 51.0 Å². The van der Waals surface area contributed by atoms with Crippen molar-refractivity contribution in [2.75, 3.05) is 0 Å². The molecule has 0 fully saturated rings. The van der Waals surface area contributed by atoms with Gasteiger partial charge in [-0.3, -0.25) is 4.98 Å². The van der Waals surface area contributed by atoms with Gasteiger partial charge in [-0.05, 0) is 59.7 Å². The Morgan fingerprint density at radius 3 is 1.70 bits per heavy atom. The van der Waals surface area contributed by atoms with Gasteiger partial charge in [-0.15, -0.1) is 0 Å². The molecule has 0 amide bonds. The summed E-state index contributed by atoms with van der Waals surface area (Å²) in [5.74, 6) is 1.72. The van der Waals surface area contributed by atoms with E-state index in [2.05, 4.69) is 125 Å². The summed E-state index contributed by atoms with van der Waals surface area (Å²) in [6, 6.07) is 56.2. The van der Waals surface area contributed by atoms with Crippen molar-refractivity contribution in [3.63, 3.8) is 0 Å². The third kappa shape index (κ3) is 4.92. The molecule has 12 aromatic rings. The quantitative estimate of drug-likeness (QED) is 0.175. The standard InChI is InChI=1S/C50H29N5O2/c1-4-17-40-35(12-1)36-13-2-5-18-41(36)55(40)33-11-7-10-32(28-33)49-52-48(53-50(54-49)38-16-9-21-45-47(38)37-14-3-6-19-42(37)56-45)31-24-22-30(23-25-31)34-15-8-20-44-46(34)39-29-51-27-26-43(39)57-44/h1-29H. The Morgan fingerprint density at radius 1 is 0.386 bits per heavy atom. The van der Waals surface area contributed by atoms with Crippen molar-refractivity contribution in [2.24, 2.45) is 0 Å². The average Bonchev–Trinajstić information content (AvgIpc) is 3.96. The first-order valence-corrected chi connectivity index (χ1v) is 18.9. The first kappa shape index (κ1) is 31.5. The van der Waals surface area contributed by atoms with Crippen LogP contribution in [0.4, 0.5) is 0 Å². The number of rotatable bonds is 5. The van der Waals surface area contributed by atoms with Crippen molar-refractivity contribution < 1.29 is 8.83 Å². The summed E-state index contributed by atoms with van der Waals surface area (Å²) < 4.78 is 14.8. The average molecular weight is 732 g/mol. The minimum absolute atomic E-state index is 0.570. The van der Waals surface area contributed by atoms with Crippen molar-refractivity contribution >= 4 is 65.7 Å². The van der Waals surface area contributed by atoms with Gasteiger partial charge in [0.15, 0.2) is 17.5 Å². The molecule has 7 nitrogen and oxygen atoms in total. The molecule has 57 heavy (non-hydrogen) atoms. The second-order valence-electron chi connectivity index (χ2n) is 14.2. The van der Waals surface area contributed by atoms with Crippen LogP contribution >= 0.6 is 0 Å². The summed E-state index contributed by atoms with van der Waals surface area (Å²) in [7, 11) is 0. The van der Waals surface area contributed by atoms with E-state index in [1.807, 2.05) is 54.7 Å². The van der Waals surface area contributed by atoms with E-state index >= 15 is 0 Å². The lowest BCUT2D eigenvalue weighted by Gasteiger charge is -2.12. The molecule has 0 aliphatic carbocycles. The summed E-state index contributed by atoms with van der Waals surface area (Å²) in [6.07, 6.45) is 3.62. The van der Waals surface area contributed by atoms with Gasteiger partial charge in [0.2, 0.25) is 0 Å². The molecular weight excluding hydrogens is 703 g/mol. The summed E-state index contributed by atoms with van der Waals surface area (Å²) in [5.41, 5.74) is 11.3.